The van der Waals surface area contributed by atoms with Crippen LogP contribution in [0, 0.1) is 11.3 Å². The summed E-state index contributed by atoms with van der Waals surface area (Å²) in [5.41, 5.74) is 0.892. The molecule has 3 rings (SSSR count). The quantitative estimate of drug-likeness (QED) is 0.630. The van der Waals surface area contributed by atoms with Gasteiger partial charge in [0, 0.05) is 13.6 Å². The second kappa shape index (κ2) is 8.41. The van der Waals surface area contributed by atoms with Crippen LogP contribution in [0.25, 0.3) is 11.0 Å². The SMILES string of the molecule is Cn1c(NCC(O)COc2ccc(CC#N)cc2)nc2ccc(C(F)(F)F)cc21. The van der Waals surface area contributed by atoms with Crippen molar-refractivity contribution in [3.8, 4) is 11.8 Å². The Morgan fingerprint density at radius 3 is 2.62 bits per heavy atom. The van der Waals surface area contributed by atoms with Crippen molar-refractivity contribution in [2.24, 2.45) is 7.05 Å². The van der Waals surface area contributed by atoms with Gasteiger partial charge in [-0.2, -0.15) is 18.4 Å². The van der Waals surface area contributed by atoms with E-state index in [0.29, 0.717) is 29.2 Å². The van der Waals surface area contributed by atoms with Gasteiger partial charge in [0.15, 0.2) is 0 Å². The van der Waals surface area contributed by atoms with Crippen molar-refractivity contribution in [2.75, 3.05) is 18.5 Å². The summed E-state index contributed by atoms with van der Waals surface area (Å²) in [6, 6.07) is 12.4. The Balaban J connectivity index is 1.58. The topological polar surface area (TPSA) is 83.1 Å². The molecule has 2 N–H and O–H groups in total. The van der Waals surface area contributed by atoms with E-state index in [1.165, 1.54) is 10.6 Å². The van der Waals surface area contributed by atoms with Gasteiger partial charge < -0.3 is 19.7 Å². The summed E-state index contributed by atoms with van der Waals surface area (Å²) in [5.74, 6) is 0.910. The molecule has 0 aliphatic rings. The first-order chi connectivity index (χ1) is 13.8. The number of aliphatic hydroxyl groups excluding tert-OH is 1. The van der Waals surface area contributed by atoms with Crippen molar-refractivity contribution >= 4 is 17.0 Å². The molecule has 9 heteroatoms. The number of halogens is 3. The summed E-state index contributed by atoms with van der Waals surface area (Å²) in [5, 5.41) is 21.7. The maximum atomic E-state index is 12.9. The van der Waals surface area contributed by atoms with Gasteiger partial charge in [-0.05, 0) is 35.9 Å². The van der Waals surface area contributed by atoms with Gasteiger partial charge in [0.25, 0.3) is 0 Å². The summed E-state index contributed by atoms with van der Waals surface area (Å²) in [6.07, 6.45) is -4.97. The van der Waals surface area contributed by atoms with Gasteiger partial charge in [-0.3, -0.25) is 0 Å². The first kappa shape index (κ1) is 20.5. The number of rotatable bonds is 7. The summed E-state index contributed by atoms with van der Waals surface area (Å²) in [4.78, 5) is 4.26. The molecule has 0 aliphatic heterocycles. The first-order valence-corrected chi connectivity index (χ1v) is 8.82. The summed E-state index contributed by atoms with van der Waals surface area (Å²) in [7, 11) is 1.60. The lowest BCUT2D eigenvalue weighted by molar-refractivity contribution is -0.137. The minimum Gasteiger partial charge on any atom is -0.491 e. The molecule has 0 radical (unpaired) electrons. The minimum absolute atomic E-state index is 0.0206. The van der Waals surface area contributed by atoms with Crippen LogP contribution in [0.5, 0.6) is 5.75 Å². The number of benzene rings is 2. The number of nitriles is 1. The highest BCUT2D eigenvalue weighted by Crippen LogP contribution is 2.31. The van der Waals surface area contributed by atoms with Gasteiger partial charge in [0.2, 0.25) is 5.95 Å². The molecule has 0 amide bonds. The Hall–Kier alpha value is -3.25. The van der Waals surface area contributed by atoms with Crippen LogP contribution >= 0.6 is 0 Å². The van der Waals surface area contributed by atoms with Crippen LogP contribution in [-0.4, -0.2) is 33.9 Å². The molecular formula is C20H19F3N4O2. The molecule has 1 unspecified atom stereocenters. The molecule has 3 aromatic rings. The second-order valence-electron chi connectivity index (χ2n) is 6.52. The third kappa shape index (κ3) is 4.97. The Labute approximate surface area is 165 Å². The van der Waals surface area contributed by atoms with E-state index in [1.807, 2.05) is 0 Å². The van der Waals surface area contributed by atoms with E-state index in [9.17, 15) is 18.3 Å². The van der Waals surface area contributed by atoms with Crippen molar-refractivity contribution in [1.82, 2.24) is 9.55 Å². The highest BCUT2D eigenvalue weighted by molar-refractivity contribution is 5.79. The van der Waals surface area contributed by atoms with Crippen molar-refractivity contribution in [1.29, 1.82) is 5.26 Å². The van der Waals surface area contributed by atoms with Gasteiger partial charge in [-0.15, -0.1) is 0 Å². The Kier molecular flexibility index (Phi) is 5.94. The third-order valence-electron chi connectivity index (χ3n) is 4.35. The van der Waals surface area contributed by atoms with E-state index >= 15 is 0 Å². The Morgan fingerprint density at radius 1 is 1.24 bits per heavy atom. The van der Waals surface area contributed by atoms with E-state index < -0.39 is 17.8 Å². The van der Waals surface area contributed by atoms with Crippen LogP contribution in [0.15, 0.2) is 42.5 Å². The molecule has 0 bridgehead atoms. The standard InChI is InChI=1S/C20H19F3N4O2/c1-27-18-10-14(20(21,22)23)4-7-17(18)26-19(27)25-11-15(28)12-29-16-5-2-13(3-6-16)8-9-24/h2-7,10,15,28H,8,11-12H2,1H3,(H,25,26). The van der Waals surface area contributed by atoms with Crippen LogP contribution < -0.4 is 10.1 Å². The largest absolute Gasteiger partial charge is 0.491 e. The maximum Gasteiger partial charge on any atom is 0.416 e. The summed E-state index contributed by atoms with van der Waals surface area (Å²) < 4.78 is 45.7. The predicted molar refractivity (Wildman–Crippen MR) is 101 cm³/mol. The number of alkyl halides is 3. The zero-order valence-electron chi connectivity index (χ0n) is 15.6. The summed E-state index contributed by atoms with van der Waals surface area (Å²) in [6.45, 7) is 0.128. The predicted octanol–water partition coefficient (Wildman–Crippen LogP) is 3.51. The number of aliphatic hydroxyl groups is 1. The normalized spacial score (nSPS) is 12.6. The minimum atomic E-state index is -4.42. The fourth-order valence-corrected chi connectivity index (χ4v) is 2.78. The highest BCUT2D eigenvalue weighted by Gasteiger charge is 2.31. The molecule has 6 nitrogen and oxygen atoms in total. The lowest BCUT2D eigenvalue weighted by Gasteiger charge is -2.14. The van der Waals surface area contributed by atoms with Gasteiger partial charge in [0.05, 0.1) is 29.1 Å². The molecule has 0 saturated carbocycles. The van der Waals surface area contributed by atoms with E-state index in [-0.39, 0.29) is 13.2 Å². The second-order valence-corrected chi connectivity index (χ2v) is 6.52. The molecule has 0 aliphatic carbocycles. The van der Waals surface area contributed by atoms with E-state index in [1.54, 1.807) is 31.3 Å². The number of hydrogen-bond acceptors (Lipinski definition) is 5. The average molecular weight is 404 g/mol. The molecule has 0 spiro atoms. The maximum absolute atomic E-state index is 12.9. The van der Waals surface area contributed by atoms with Crippen LogP contribution in [0.4, 0.5) is 19.1 Å². The summed E-state index contributed by atoms with van der Waals surface area (Å²) >= 11 is 0. The molecule has 1 atom stereocenters. The third-order valence-corrected chi connectivity index (χ3v) is 4.35. The lowest BCUT2D eigenvalue weighted by atomic mass is 10.2. The number of nitrogens with one attached hydrogen (secondary N) is 1. The molecule has 2 aromatic carbocycles. The van der Waals surface area contributed by atoms with E-state index in [2.05, 4.69) is 16.4 Å². The van der Waals surface area contributed by atoms with Gasteiger partial charge in [0.1, 0.15) is 18.5 Å². The van der Waals surface area contributed by atoms with E-state index in [0.717, 1.165) is 17.7 Å². The number of hydrogen-bond donors (Lipinski definition) is 2. The monoisotopic (exact) mass is 404 g/mol. The van der Waals surface area contributed by atoms with E-state index in [4.69, 9.17) is 10.00 Å². The van der Waals surface area contributed by atoms with Crippen LogP contribution in [0.2, 0.25) is 0 Å². The molecule has 1 aromatic heterocycles. The zero-order chi connectivity index (χ0) is 21.0. The smallest absolute Gasteiger partial charge is 0.416 e. The molecule has 152 valence electrons. The highest BCUT2D eigenvalue weighted by atomic mass is 19.4. The molecular weight excluding hydrogens is 385 g/mol. The van der Waals surface area contributed by atoms with Crippen molar-refractivity contribution in [3.63, 3.8) is 0 Å². The molecule has 0 fully saturated rings. The van der Waals surface area contributed by atoms with Crippen molar-refractivity contribution in [2.45, 2.75) is 18.7 Å². The Bertz CT molecular complexity index is 1020. The number of aromatic nitrogens is 2. The average Bonchev–Trinajstić information content (AvgIpc) is 3.00. The van der Waals surface area contributed by atoms with Crippen molar-refractivity contribution < 1.29 is 23.0 Å². The van der Waals surface area contributed by atoms with Crippen LogP contribution in [0.3, 0.4) is 0 Å². The molecule has 1 heterocycles. The van der Waals surface area contributed by atoms with Crippen LogP contribution in [0.1, 0.15) is 11.1 Å². The Morgan fingerprint density at radius 2 is 1.97 bits per heavy atom. The number of ether oxygens (including phenoxy) is 1. The van der Waals surface area contributed by atoms with Gasteiger partial charge >= 0.3 is 6.18 Å². The number of anilines is 1. The first-order valence-electron chi connectivity index (χ1n) is 8.82. The number of imidazole rings is 1. The number of aryl methyl sites for hydroxylation is 1. The van der Waals surface area contributed by atoms with Crippen molar-refractivity contribution in [3.05, 3.63) is 53.6 Å². The lowest BCUT2D eigenvalue weighted by Crippen LogP contribution is -2.27. The van der Waals surface area contributed by atoms with Gasteiger partial charge in [-0.1, -0.05) is 12.1 Å². The number of fused-ring (bicyclic) bond motifs is 1. The van der Waals surface area contributed by atoms with Gasteiger partial charge in [-0.25, -0.2) is 4.98 Å². The zero-order valence-corrected chi connectivity index (χ0v) is 15.6. The molecule has 0 saturated heterocycles. The van der Waals surface area contributed by atoms with Crippen LogP contribution in [-0.2, 0) is 19.6 Å². The fraction of sp³-hybridized carbons (Fsp3) is 0.300. The molecule has 29 heavy (non-hydrogen) atoms. The fourth-order valence-electron chi connectivity index (χ4n) is 2.78. The number of nitrogens with zero attached hydrogens (tertiary/aromatic N) is 3.